The van der Waals surface area contributed by atoms with Gasteiger partial charge >= 0.3 is 0 Å². The van der Waals surface area contributed by atoms with E-state index in [0.29, 0.717) is 12.8 Å². The van der Waals surface area contributed by atoms with Crippen LogP contribution in [0.4, 0.5) is 0 Å². The minimum absolute atomic E-state index is 0.234. The Bertz CT molecular complexity index is 1970. The fourth-order valence-corrected chi connectivity index (χ4v) is 15.1. The van der Waals surface area contributed by atoms with Gasteiger partial charge in [0.05, 0.1) is 38.6 Å². The SMILES string of the molecule is CCCCCCC/C=C\C/C=C\CCCCCCCCCCCCCCCCCCCCCCCCCCCCCC(=O)NC(COC1OC(CO)C(OC2OC(CO)C(OC3OC(CO)C(O)C(O)C3O)C(O)C2O)C(O)C1O)C(O)CCCCCCCCCCCCCCCCCCCCCC. The zero-order valence-corrected chi connectivity index (χ0v) is 66.0. The molecule has 3 fully saturated rings. The molecular formula is C85H161NO18. The van der Waals surface area contributed by atoms with Crippen molar-refractivity contribution < 1.29 is 89.4 Å². The molecule has 0 aromatic rings. The molecule has 17 atom stereocenters. The maximum atomic E-state index is 13.5. The predicted molar refractivity (Wildman–Crippen MR) is 416 cm³/mol. The minimum atomic E-state index is -1.97. The van der Waals surface area contributed by atoms with Gasteiger partial charge in [0.15, 0.2) is 18.9 Å². The van der Waals surface area contributed by atoms with Gasteiger partial charge in [0, 0.05) is 6.42 Å². The third kappa shape index (κ3) is 44.9. The Morgan fingerprint density at radius 2 is 0.635 bits per heavy atom. The van der Waals surface area contributed by atoms with Crippen molar-refractivity contribution in [2.75, 3.05) is 26.4 Å². The molecule has 0 spiro atoms. The quantitative estimate of drug-likeness (QED) is 0.0199. The van der Waals surface area contributed by atoms with E-state index in [4.69, 9.17) is 28.4 Å². The number of hydrogen-bond acceptors (Lipinski definition) is 18. The van der Waals surface area contributed by atoms with E-state index in [2.05, 4.69) is 43.5 Å². The van der Waals surface area contributed by atoms with Crippen LogP contribution in [-0.2, 0) is 33.2 Å². The Hall–Kier alpha value is -1.73. The molecule has 17 unspecified atom stereocenters. The van der Waals surface area contributed by atoms with E-state index in [1.807, 2.05) is 0 Å². The average Bonchev–Trinajstić information content (AvgIpc) is 0.783. The molecule has 104 heavy (non-hydrogen) atoms. The summed E-state index contributed by atoms with van der Waals surface area (Å²) in [4.78, 5) is 13.5. The number of carbonyl (C=O) groups is 1. The van der Waals surface area contributed by atoms with Crippen LogP contribution in [0.2, 0.25) is 0 Å². The molecule has 0 aliphatic carbocycles. The van der Waals surface area contributed by atoms with Gasteiger partial charge < -0.3 is 89.9 Å². The lowest BCUT2D eigenvalue weighted by molar-refractivity contribution is -0.379. The first-order valence-electron chi connectivity index (χ1n) is 43.6. The smallest absolute Gasteiger partial charge is 0.220 e. The monoisotopic (exact) mass is 1480 g/mol. The van der Waals surface area contributed by atoms with E-state index in [9.17, 15) is 61.0 Å². The summed E-state index contributed by atoms with van der Waals surface area (Å²) >= 11 is 0. The summed E-state index contributed by atoms with van der Waals surface area (Å²) in [5, 5.41) is 121. The van der Waals surface area contributed by atoms with Gasteiger partial charge in [-0.25, -0.2) is 0 Å². The number of ether oxygens (including phenoxy) is 6. The van der Waals surface area contributed by atoms with Crippen LogP contribution in [-0.4, -0.2) is 193 Å². The first-order chi connectivity index (χ1) is 50.8. The highest BCUT2D eigenvalue weighted by Crippen LogP contribution is 2.34. The van der Waals surface area contributed by atoms with Gasteiger partial charge in [-0.2, -0.15) is 0 Å². The molecule has 12 N–H and O–H groups in total. The number of nitrogens with one attached hydrogen (secondary N) is 1. The van der Waals surface area contributed by atoms with Crippen LogP contribution >= 0.6 is 0 Å². The zero-order valence-electron chi connectivity index (χ0n) is 66.0. The Kier molecular flexibility index (Phi) is 61.2. The molecule has 3 rings (SSSR count). The second-order valence-electron chi connectivity index (χ2n) is 31.4. The Labute approximate surface area is 632 Å². The van der Waals surface area contributed by atoms with Crippen LogP contribution in [0.25, 0.3) is 0 Å². The molecule has 0 aromatic heterocycles. The summed E-state index contributed by atoms with van der Waals surface area (Å²) < 4.78 is 34.6. The lowest BCUT2D eigenvalue weighted by atomic mass is 9.96. The lowest BCUT2D eigenvalue weighted by Gasteiger charge is -2.48. The summed E-state index contributed by atoms with van der Waals surface area (Å²) in [6, 6.07) is -0.885. The van der Waals surface area contributed by atoms with Crippen molar-refractivity contribution in [1.29, 1.82) is 0 Å². The number of carbonyl (C=O) groups excluding carboxylic acids is 1. The van der Waals surface area contributed by atoms with Gasteiger partial charge in [-0.3, -0.25) is 4.79 Å². The maximum Gasteiger partial charge on any atom is 0.220 e. The van der Waals surface area contributed by atoms with Gasteiger partial charge in [-0.1, -0.05) is 353 Å². The third-order valence-corrected chi connectivity index (χ3v) is 22.0. The summed E-state index contributed by atoms with van der Waals surface area (Å²) in [7, 11) is 0. The highest BCUT2D eigenvalue weighted by molar-refractivity contribution is 5.76. The minimum Gasteiger partial charge on any atom is -0.394 e. The van der Waals surface area contributed by atoms with Gasteiger partial charge in [0.25, 0.3) is 0 Å². The van der Waals surface area contributed by atoms with E-state index in [1.54, 1.807) is 0 Å². The maximum absolute atomic E-state index is 13.5. The molecule has 19 nitrogen and oxygen atoms in total. The van der Waals surface area contributed by atoms with Gasteiger partial charge in [-0.15, -0.1) is 0 Å². The molecule has 3 aliphatic heterocycles. The molecule has 3 heterocycles. The standard InChI is InChI=1S/C85H161NO18/c1-3-5-7-9-11-13-15-17-19-21-23-25-26-27-28-29-30-31-32-33-34-35-36-37-38-39-40-41-42-43-45-47-49-51-53-55-57-59-61-63-73(91)86-68(69(90)62-60-58-56-54-52-50-48-46-44-24-22-20-18-16-14-12-10-8-6-4-2)67-99-83-79(97)76(94)81(71(65-88)101-83)104-85-80(98)77(95)82(72(66-89)102-85)103-84-78(96)75(93)74(92)70(64-87)100-84/h15,17,21,23,68-72,74-85,87-90,92-98H,3-14,16,18-20,22,24-67H2,1-2H3,(H,86,91)/b17-15-,23-21-. The van der Waals surface area contributed by atoms with Crippen LogP contribution in [0.1, 0.15) is 380 Å². The number of rotatable bonds is 71. The number of allylic oxidation sites excluding steroid dienone is 4. The summed E-state index contributed by atoms with van der Waals surface area (Å²) in [6.45, 7) is 1.85. The Morgan fingerprint density at radius 3 is 0.981 bits per heavy atom. The number of aliphatic hydroxyl groups is 11. The van der Waals surface area contributed by atoms with Gasteiger partial charge in [-0.05, 0) is 44.9 Å². The van der Waals surface area contributed by atoms with Crippen molar-refractivity contribution in [3.8, 4) is 0 Å². The molecule has 0 aromatic carbocycles. The van der Waals surface area contributed by atoms with Crippen molar-refractivity contribution in [2.45, 2.75) is 484 Å². The van der Waals surface area contributed by atoms with Crippen LogP contribution in [0.5, 0.6) is 0 Å². The number of aliphatic hydroxyl groups excluding tert-OH is 11. The Morgan fingerprint density at radius 1 is 0.346 bits per heavy atom. The molecule has 1 amide bonds. The van der Waals surface area contributed by atoms with Gasteiger partial charge in [0.1, 0.15) is 73.2 Å². The van der Waals surface area contributed by atoms with Gasteiger partial charge in [0.2, 0.25) is 5.91 Å². The summed E-state index contributed by atoms with van der Waals surface area (Å²) in [5.41, 5.74) is 0. The molecule has 614 valence electrons. The van der Waals surface area contributed by atoms with Crippen LogP contribution in [0, 0.1) is 0 Å². The second kappa shape index (κ2) is 65.9. The summed E-state index contributed by atoms with van der Waals surface area (Å²) in [6.07, 6.45) is 54.4. The van der Waals surface area contributed by atoms with E-state index in [0.717, 1.165) is 51.4 Å². The molecule has 0 radical (unpaired) electrons. The normalized spacial score (nSPS) is 26.0. The predicted octanol–water partition coefficient (Wildman–Crippen LogP) is 15.7. The van der Waals surface area contributed by atoms with E-state index < -0.39 is 124 Å². The molecule has 3 saturated heterocycles. The third-order valence-electron chi connectivity index (χ3n) is 22.0. The van der Waals surface area contributed by atoms with Crippen molar-refractivity contribution in [3.05, 3.63) is 24.3 Å². The molecule has 0 bridgehead atoms. The van der Waals surface area contributed by atoms with Crippen LogP contribution in [0.3, 0.4) is 0 Å². The topological polar surface area (TPSA) is 307 Å². The first kappa shape index (κ1) is 96.5. The van der Waals surface area contributed by atoms with Crippen molar-refractivity contribution >= 4 is 5.91 Å². The van der Waals surface area contributed by atoms with E-state index in [-0.39, 0.29) is 18.9 Å². The largest absolute Gasteiger partial charge is 0.394 e. The highest BCUT2D eigenvalue weighted by Gasteiger charge is 2.54. The molecular weight excluding hydrogens is 1320 g/mol. The van der Waals surface area contributed by atoms with Crippen molar-refractivity contribution in [1.82, 2.24) is 5.32 Å². The highest BCUT2D eigenvalue weighted by atomic mass is 16.8. The number of amides is 1. The van der Waals surface area contributed by atoms with E-state index in [1.165, 1.54) is 295 Å². The second-order valence-corrected chi connectivity index (χ2v) is 31.4. The zero-order chi connectivity index (χ0) is 75.3. The molecule has 0 saturated carbocycles. The van der Waals surface area contributed by atoms with Crippen LogP contribution in [0.15, 0.2) is 24.3 Å². The number of hydrogen-bond donors (Lipinski definition) is 12. The average molecular weight is 1490 g/mol. The fraction of sp³-hybridized carbons (Fsp3) is 0.941. The van der Waals surface area contributed by atoms with Crippen LogP contribution < -0.4 is 5.32 Å². The molecule has 19 heteroatoms. The number of unbranched alkanes of at least 4 members (excludes halogenated alkanes) is 51. The Balaban J connectivity index is 1.29. The fourth-order valence-electron chi connectivity index (χ4n) is 15.1. The first-order valence-corrected chi connectivity index (χ1v) is 43.6. The van der Waals surface area contributed by atoms with Crippen molar-refractivity contribution in [3.63, 3.8) is 0 Å². The molecule has 3 aliphatic rings. The van der Waals surface area contributed by atoms with Crippen molar-refractivity contribution in [2.24, 2.45) is 0 Å². The van der Waals surface area contributed by atoms with E-state index >= 15 is 0 Å². The lowest BCUT2D eigenvalue weighted by Crippen LogP contribution is -2.66. The summed E-state index contributed by atoms with van der Waals surface area (Å²) in [5.74, 6) is -0.234.